The summed E-state index contributed by atoms with van der Waals surface area (Å²) in [6, 6.07) is 1.45. The minimum Gasteiger partial charge on any atom is -0.311 e. The minimum atomic E-state index is 0.701. The fourth-order valence-electron chi connectivity index (χ4n) is 3.98. The first-order chi connectivity index (χ1) is 10.0. The Morgan fingerprint density at radius 2 is 1.62 bits per heavy atom. The van der Waals surface area contributed by atoms with Crippen LogP contribution in [0.5, 0.6) is 0 Å². The van der Waals surface area contributed by atoms with Crippen LogP contribution in [0, 0.1) is 11.8 Å². The summed E-state index contributed by atoms with van der Waals surface area (Å²) in [6.07, 6.45) is 5.47. The summed E-state index contributed by atoms with van der Waals surface area (Å²) in [5, 5.41) is 3.81. The lowest BCUT2D eigenvalue weighted by Gasteiger charge is -2.42. The van der Waals surface area contributed by atoms with Crippen molar-refractivity contribution < 1.29 is 0 Å². The van der Waals surface area contributed by atoms with Crippen molar-refractivity contribution in [2.75, 3.05) is 39.3 Å². The molecule has 1 N–H and O–H groups in total. The molecule has 2 rings (SSSR count). The molecule has 2 heterocycles. The zero-order valence-corrected chi connectivity index (χ0v) is 14.8. The molecule has 3 nitrogen and oxygen atoms in total. The van der Waals surface area contributed by atoms with Crippen molar-refractivity contribution >= 4 is 0 Å². The Hall–Kier alpha value is -0.120. The molecule has 2 atom stereocenters. The van der Waals surface area contributed by atoms with Gasteiger partial charge in [-0.15, -0.1) is 0 Å². The van der Waals surface area contributed by atoms with Crippen LogP contribution in [0.3, 0.4) is 0 Å². The zero-order chi connectivity index (χ0) is 15.2. The second-order valence-electron chi connectivity index (χ2n) is 8.06. The number of nitrogens with one attached hydrogen (secondary N) is 1. The largest absolute Gasteiger partial charge is 0.311 e. The molecular formula is C18H37N3. The van der Waals surface area contributed by atoms with E-state index in [2.05, 4.69) is 42.8 Å². The van der Waals surface area contributed by atoms with Gasteiger partial charge in [0.15, 0.2) is 0 Å². The van der Waals surface area contributed by atoms with Gasteiger partial charge in [-0.05, 0) is 50.6 Å². The standard InChI is InChI=1S/C18H37N3/c1-15(2)11-17-14-21(10-9-20-7-5-6-8-20)18(13-19-17)12-16(3)4/h15-19H,5-14H2,1-4H3. The highest BCUT2D eigenvalue weighted by atomic mass is 15.3. The summed E-state index contributed by atoms with van der Waals surface area (Å²) < 4.78 is 0. The highest BCUT2D eigenvalue weighted by Gasteiger charge is 2.28. The van der Waals surface area contributed by atoms with Gasteiger partial charge in [0.25, 0.3) is 0 Å². The van der Waals surface area contributed by atoms with E-state index in [1.165, 1.54) is 65.0 Å². The smallest absolute Gasteiger partial charge is 0.0224 e. The number of hydrogen-bond donors (Lipinski definition) is 1. The summed E-state index contributed by atoms with van der Waals surface area (Å²) in [5.41, 5.74) is 0. The van der Waals surface area contributed by atoms with Crippen molar-refractivity contribution in [3.8, 4) is 0 Å². The van der Waals surface area contributed by atoms with Crippen LogP contribution in [0.4, 0.5) is 0 Å². The average molecular weight is 296 g/mol. The van der Waals surface area contributed by atoms with Gasteiger partial charge in [-0.2, -0.15) is 0 Å². The molecule has 2 fully saturated rings. The molecule has 2 aliphatic heterocycles. The predicted octanol–water partition coefficient (Wildman–Crippen LogP) is 2.82. The van der Waals surface area contributed by atoms with Crippen molar-refractivity contribution in [3.63, 3.8) is 0 Å². The molecule has 0 aromatic heterocycles. The molecule has 0 spiro atoms. The molecule has 0 amide bonds. The first-order valence-electron chi connectivity index (χ1n) is 9.24. The number of likely N-dealkylation sites (tertiary alicyclic amines) is 1. The predicted molar refractivity (Wildman–Crippen MR) is 91.7 cm³/mol. The Kier molecular flexibility index (Phi) is 6.97. The minimum absolute atomic E-state index is 0.701. The third-order valence-electron chi connectivity index (χ3n) is 5.01. The molecule has 3 heteroatoms. The van der Waals surface area contributed by atoms with E-state index < -0.39 is 0 Å². The summed E-state index contributed by atoms with van der Waals surface area (Å²) in [7, 11) is 0. The van der Waals surface area contributed by atoms with Crippen LogP contribution in [-0.4, -0.2) is 61.2 Å². The van der Waals surface area contributed by atoms with Crippen molar-refractivity contribution in [3.05, 3.63) is 0 Å². The average Bonchev–Trinajstić information content (AvgIpc) is 2.90. The van der Waals surface area contributed by atoms with Crippen molar-refractivity contribution in [2.45, 2.75) is 65.5 Å². The Bertz CT molecular complexity index is 284. The Morgan fingerprint density at radius 3 is 2.24 bits per heavy atom. The lowest BCUT2D eigenvalue weighted by atomic mass is 9.95. The molecule has 2 aliphatic rings. The van der Waals surface area contributed by atoms with Crippen LogP contribution in [0.15, 0.2) is 0 Å². The molecular weight excluding hydrogens is 258 g/mol. The normalized spacial score (nSPS) is 28.9. The van der Waals surface area contributed by atoms with Gasteiger partial charge in [0.05, 0.1) is 0 Å². The Morgan fingerprint density at radius 1 is 0.952 bits per heavy atom. The van der Waals surface area contributed by atoms with Crippen LogP contribution >= 0.6 is 0 Å². The fraction of sp³-hybridized carbons (Fsp3) is 1.00. The van der Waals surface area contributed by atoms with Gasteiger partial charge >= 0.3 is 0 Å². The van der Waals surface area contributed by atoms with Crippen LogP contribution in [0.2, 0.25) is 0 Å². The number of hydrogen-bond acceptors (Lipinski definition) is 3. The molecule has 2 unspecified atom stereocenters. The van der Waals surface area contributed by atoms with Gasteiger partial charge in [0, 0.05) is 38.3 Å². The Balaban J connectivity index is 1.84. The number of piperazine rings is 1. The molecule has 124 valence electrons. The SMILES string of the molecule is CC(C)CC1CN(CCN2CCCC2)C(CC(C)C)CN1. The van der Waals surface area contributed by atoms with Crippen LogP contribution in [0.1, 0.15) is 53.4 Å². The molecule has 0 saturated carbocycles. The molecule has 0 bridgehead atoms. The van der Waals surface area contributed by atoms with Crippen molar-refractivity contribution in [1.29, 1.82) is 0 Å². The lowest BCUT2D eigenvalue weighted by Crippen LogP contribution is -2.58. The van der Waals surface area contributed by atoms with E-state index in [9.17, 15) is 0 Å². The highest BCUT2D eigenvalue weighted by molar-refractivity contribution is 4.87. The molecule has 0 aliphatic carbocycles. The van der Waals surface area contributed by atoms with Gasteiger partial charge in [-0.3, -0.25) is 4.90 Å². The van der Waals surface area contributed by atoms with Gasteiger partial charge < -0.3 is 10.2 Å². The maximum Gasteiger partial charge on any atom is 0.0224 e. The van der Waals surface area contributed by atoms with E-state index in [4.69, 9.17) is 0 Å². The van der Waals surface area contributed by atoms with E-state index in [1.54, 1.807) is 0 Å². The maximum absolute atomic E-state index is 3.81. The van der Waals surface area contributed by atoms with Crippen molar-refractivity contribution in [2.24, 2.45) is 11.8 Å². The van der Waals surface area contributed by atoms with Gasteiger partial charge in [-0.25, -0.2) is 0 Å². The van der Waals surface area contributed by atoms with Gasteiger partial charge in [0.2, 0.25) is 0 Å². The summed E-state index contributed by atoms with van der Waals surface area (Å²) in [5.74, 6) is 1.59. The summed E-state index contributed by atoms with van der Waals surface area (Å²) in [6.45, 7) is 17.1. The van der Waals surface area contributed by atoms with E-state index in [-0.39, 0.29) is 0 Å². The van der Waals surface area contributed by atoms with E-state index in [1.807, 2.05) is 0 Å². The van der Waals surface area contributed by atoms with Crippen LogP contribution < -0.4 is 5.32 Å². The number of rotatable bonds is 7. The molecule has 21 heavy (non-hydrogen) atoms. The van der Waals surface area contributed by atoms with E-state index in [0.29, 0.717) is 6.04 Å². The second kappa shape index (κ2) is 8.50. The summed E-state index contributed by atoms with van der Waals surface area (Å²) >= 11 is 0. The summed E-state index contributed by atoms with van der Waals surface area (Å²) in [4.78, 5) is 5.45. The van der Waals surface area contributed by atoms with E-state index >= 15 is 0 Å². The molecule has 0 radical (unpaired) electrons. The molecule has 0 aromatic rings. The first-order valence-corrected chi connectivity index (χ1v) is 9.24. The topological polar surface area (TPSA) is 18.5 Å². The quantitative estimate of drug-likeness (QED) is 0.779. The zero-order valence-electron chi connectivity index (χ0n) is 14.8. The highest BCUT2D eigenvalue weighted by Crippen LogP contribution is 2.19. The first kappa shape index (κ1) is 17.2. The lowest BCUT2D eigenvalue weighted by molar-refractivity contribution is 0.0961. The third kappa shape index (κ3) is 5.88. The van der Waals surface area contributed by atoms with Crippen LogP contribution in [-0.2, 0) is 0 Å². The Labute approximate surface area is 132 Å². The van der Waals surface area contributed by atoms with E-state index in [0.717, 1.165) is 17.9 Å². The van der Waals surface area contributed by atoms with Crippen LogP contribution in [0.25, 0.3) is 0 Å². The van der Waals surface area contributed by atoms with Gasteiger partial charge in [-0.1, -0.05) is 27.7 Å². The maximum atomic E-state index is 3.81. The fourth-order valence-corrected chi connectivity index (χ4v) is 3.98. The second-order valence-corrected chi connectivity index (χ2v) is 8.06. The third-order valence-corrected chi connectivity index (χ3v) is 5.01. The molecule has 0 aromatic carbocycles. The van der Waals surface area contributed by atoms with Gasteiger partial charge in [0.1, 0.15) is 0 Å². The van der Waals surface area contributed by atoms with Crippen molar-refractivity contribution in [1.82, 2.24) is 15.1 Å². The monoisotopic (exact) mass is 295 g/mol. The molecule has 2 saturated heterocycles. The number of nitrogens with zero attached hydrogens (tertiary/aromatic N) is 2.